The van der Waals surface area contributed by atoms with E-state index < -0.39 is 0 Å². The molecule has 0 N–H and O–H groups in total. The van der Waals surface area contributed by atoms with E-state index in [4.69, 9.17) is 9.26 Å². The number of amides is 1. The summed E-state index contributed by atoms with van der Waals surface area (Å²) in [6.45, 7) is 9.61. The molecule has 4 heterocycles. The van der Waals surface area contributed by atoms with Crippen molar-refractivity contribution in [3.05, 3.63) is 11.7 Å². The number of morpholine rings is 1. The third-order valence-corrected chi connectivity index (χ3v) is 6.13. The van der Waals surface area contributed by atoms with Crippen LogP contribution in [-0.2, 0) is 16.1 Å². The zero-order valence-corrected chi connectivity index (χ0v) is 16.3. The lowest BCUT2D eigenvalue weighted by Crippen LogP contribution is -2.52. The Hall–Kier alpha value is -1.51. The van der Waals surface area contributed by atoms with E-state index in [9.17, 15) is 4.79 Å². The molecular formula is C19H31N5O3. The first kappa shape index (κ1) is 18.8. The van der Waals surface area contributed by atoms with Gasteiger partial charge < -0.3 is 14.2 Å². The Morgan fingerprint density at radius 3 is 2.59 bits per heavy atom. The fourth-order valence-electron chi connectivity index (χ4n) is 4.63. The number of rotatable bonds is 4. The number of hydrogen-bond acceptors (Lipinski definition) is 7. The van der Waals surface area contributed by atoms with Gasteiger partial charge in [-0.1, -0.05) is 5.16 Å². The van der Waals surface area contributed by atoms with E-state index in [2.05, 4.69) is 19.9 Å². The van der Waals surface area contributed by atoms with Gasteiger partial charge >= 0.3 is 0 Å². The highest BCUT2D eigenvalue weighted by molar-refractivity contribution is 5.79. The summed E-state index contributed by atoms with van der Waals surface area (Å²) >= 11 is 0. The number of piperidine rings is 2. The SMILES string of the molecule is Cc1nc(CN2CCC(N3CCC[C@@H](C(=O)N4CCOCC4)C3)CC2)no1. The molecule has 0 saturated carbocycles. The van der Waals surface area contributed by atoms with Crippen molar-refractivity contribution in [2.75, 3.05) is 52.5 Å². The van der Waals surface area contributed by atoms with Gasteiger partial charge in [0.05, 0.1) is 25.7 Å². The first-order valence-corrected chi connectivity index (χ1v) is 10.3. The van der Waals surface area contributed by atoms with Gasteiger partial charge in [-0.15, -0.1) is 0 Å². The van der Waals surface area contributed by atoms with Crippen LogP contribution >= 0.6 is 0 Å². The van der Waals surface area contributed by atoms with Crippen molar-refractivity contribution in [3.63, 3.8) is 0 Å². The normalized spacial score (nSPS) is 26.4. The van der Waals surface area contributed by atoms with Crippen LogP contribution in [0.15, 0.2) is 4.52 Å². The van der Waals surface area contributed by atoms with Crippen LogP contribution in [0, 0.1) is 12.8 Å². The summed E-state index contributed by atoms with van der Waals surface area (Å²) in [5.74, 6) is 1.91. The Bertz CT molecular complexity index is 623. The van der Waals surface area contributed by atoms with Crippen LogP contribution in [0.1, 0.15) is 37.4 Å². The van der Waals surface area contributed by atoms with Gasteiger partial charge in [0.2, 0.25) is 11.8 Å². The van der Waals surface area contributed by atoms with Gasteiger partial charge in [-0.25, -0.2) is 0 Å². The maximum Gasteiger partial charge on any atom is 0.227 e. The minimum Gasteiger partial charge on any atom is -0.378 e. The minimum atomic E-state index is 0.164. The van der Waals surface area contributed by atoms with Crippen molar-refractivity contribution in [1.82, 2.24) is 24.8 Å². The van der Waals surface area contributed by atoms with E-state index in [1.807, 2.05) is 11.8 Å². The standard InChI is InChI=1S/C19H31N5O3/c1-15-20-18(21-27-15)14-22-7-4-17(5-8-22)24-6-2-3-16(13-24)19(25)23-9-11-26-12-10-23/h16-17H,2-14H2,1H3/t16-/m1/s1. The maximum absolute atomic E-state index is 12.9. The quantitative estimate of drug-likeness (QED) is 0.772. The van der Waals surface area contributed by atoms with Crippen LogP contribution in [0.5, 0.6) is 0 Å². The lowest BCUT2D eigenvalue weighted by Gasteiger charge is -2.42. The third kappa shape index (κ3) is 4.67. The molecule has 4 rings (SSSR count). The Morgan fingerprint density at radius 1 is 1.11 bits per heavy atom. The Kier molecular flexibility index (Phi) is 6.04. The molecule has 0 spiro atoms. The Balaban J connectivity index is 1.26. The molecule has 0 bridgehead atoms. The first-order chi connectivity index (χ1) is 13.2. The number of hydrogen-bond donors (Lipinski definition) is 0. The molecular weight excluding hydrogens is 346 g/mol. The van der Waals surface area contributed by atoms with E-state index in [-0.39, 0.29) is 5.92 Å². The summed E-state index contributed by atoms with van der Waals surface area (Å²) in [4.78, 5) is 24.1. The highest BCUT2D eigenvalue weighted by atomic mass is 16.5. The number of aryl methyl sites for hydroxylation is 1. The smallest absolute Gasteiger partial charge is 0.227 e. The van der Waals surface area contributed by atoms with Crippen molar-refractivity contribution in [2.24, 2.45) is 5.92 Å². The Labute approximate surface area is 160 Å². The molecule has 8 nitrogen and oxygen atoms in total. The summed E-state index contributed by atoms with van der Waals surface area (Å²) in [6, 6.07) is 0.591. The maximum atomic E-state index is 12.9. The summed E-state index contributed by atoms with van der Waals surface area (Å²) in [6.07, 6.45) is 4.45. The van der Waals surface area contributed by atoms with Crippen molar-refractivity contribution in [2.45, 2.75) is 45.2 Å². The predicted octanol–water partition coefficient (Wildman–Crippen LogP) is 0.913. The average Bonchev–Trinajstić information content (AvgIpc) is 3.13. The van der Waals surface area contributed by atoms with E-state index >= 15 is 0 Å². The molecule has 0 aromatic carbocycles. The van der Waals surface area contributed by atoms with Gasteiger partial charge in [0.15, 0.2) is 5.82 Å². The highest BCUT2D eigenvalue weighted by Crippen LogP contribution is 2.25. The van der Waals surface area contributed by atoms with Gasteiger partial charge in [-0.3, -0.25) is 14.6 Å². The molecule has 1 aromatic heterocycles. The van der Waals surface area contributed by atoms with Crippen molar-refractivity contribution < 1.29 is 14.1 Å². The monoisotopic (exact) mass is 377 g/mol. The van der Waals surface area contributed by atoms with Crippen LogP contribution < -0.4 is 0 Å². The molecule has 1 amide bonds. The largest absolute Gasteiger partial charge is 0.378 e. The molecule has 8 heteroatoms. The lowest BCUT2D eigenvalue weighted by molar-refractivity contribution is -0.142. The predicted molar refractivity (Wildman–Crippen MR) is 99.0 cm³/mol. The summed E-state index contributed by atoms with van der Waals surface area (Å²) in [7, 11) is 0. The fourth-order valence-corrected chi connectivity index (χ4v) is 4.63. The number of nitrogens with zero attached hydrogens (tertiary/aromatic N) is 5. The van der Waals surface area contributed by atoms with E-state index in [1.54, 1.807) is 0 Å². The highest BCUT2D eigenvalue weighted by Gasteiger charge is 2.34. The van der Waals surface area contributed by atoms with Crippen molar-refractivity contribution >= 4 is 5.91 Å². The third-order valence-electron chi connectivity index (χ3n) is 6.13. The van der Waals surface area contributed by atoms with Crippen molar-refractivity contribution in [3.8, 4) is 0 Å². The average molecular weight is 377 g/mol. The number of likely N-dealkylation sites (tertiary alicyclic amines) is 2. The van der Waals surface area contributed by atoms with Gasteiger partial charge in [0.1, 0.15) is 0 Å². The molecule has 3 aliphatic rings. The van der Waals surface area contributed by atoms with Gasteiger partial charge in [0, 0.05) is 45.7 Å². The summed E-state index contributed by atoms with van der Waals surface area (Å²) in [5, 5.41) is 4.00. The molecule has 0 unspecified atom stereocenters. The Morgan fingerprint density at radius 2 is 1.89 bits per heavy atom. The van der Waals surface area contributed by atoms with Gasteiger partial charge in [-0.2, -0.15) is 4.98 Å². The number of carbonyl (C=O) groups excluding carboxylic acids is 1. The second kappa shape index (κ2) is 8.67. The summed E-state index contributed by atoms with van der Waals surface area (Å²) < 4.78 is 10.5. The first-order valence-electron chi connectivity index (χ1n) is 10.3. The zero-order valence-electron chi connectivity index (χ0n) is 16.3. The second-order valence-corrected chi connectivity index (χ2v) is 8.01. The molecule has 0 radical (unpaired) electrons. The van der Waals surface area contributed by atoms with Gasteiger partial charge in [-0.05, 0) is 32.2 Å². The number of carbonyl (C=O) groups is 1. The molecule has 3 saturated heterocycles. The molecule has 150 valence electrons. The lowest BCUT2D eigenvalue weighted by atomic mass is 9.92. The van der Waals surface area contributed by atoms with E-state index in [0.29, 0.717) is 31.1 Å². The van der Waals surface area contributed by atoms with Crippen molar-refractivity contribution in [1.29, 1.82) is 0 Å². The molecule has 27 heavy (non-hydrogen) atoms. The van der Waals surface area contributed by atoms with Crippen LogP contribution in [0.2, 0.25) is 0 Å². The van der Waals surface area contributed by atoms with Gasteiger partial charge in [0.25, 0.3) is 0 Å². The van der Waals surface area contributed by atoms with E-state index in [1.165, 1.54) is 0 Å². The van der Waals surface area contributed by atoms with Crippen LogP contribution in [0.25, 0.3) is 0 Å². The minimum absolute atomic E-state index is 0.164. The molecule has 3 fully saturated rings. The van der Waals surface area contributed by atoms with Crippen LogP contribution in [0.4, 0.5) is 0 Å². The van der Waals surface area contributed by atoms with Crippen LogP contribution in [0.3, 0.4) is 0 Å². The molecule has 0 aliphatic carbocycles. The summed E-state index contributed by atoms with van der Waals surface area (Å²) in [5.41, 5.74) is 0. The topological polar surface area (TPSA) is 74.9 Å². The molecule has 1 aromatic rings. The molecule has 1 atom stereocenters. The molecule has 3 aliphatic heterocycles. The number of ether oxygens (including phenoxy) is 1. The second-order valence-electron chi connectivity index (χ2n) is 8.01. The van der Waals surface area contributed by atoms with E-state index in [0.717, 1.165) is 77.3 Å². The fraction of sp³-hybridized carbons (Fsp3) is 0.842. The zero-order chi connectivity index (χ0) is 18.6. The number of aromatic nitrogens is 2. The van der Waals surface area contributed by atoms with Crippen LogP contribution in [-0.4, -0.2) is 89.3 Å².